The standard InChI is InChI=1S/C24H30N4O2/c1-17-8-10-19(11-9-17)28-21(23-20(24(28)30)7-5-12-26-23)16-22(29)25-13-15-27-14-4-3-6-18(27)2/h5,7-12,18,21H,3-4,6,13-16H2,1-2H3,(H,25,29)/t18-,21-/m1/s1. The Hall–Kier alpha value is -2.73. The van der Waals surface area contributed by atoms with Crippen molar-refractivity contribution in [2.24, 2.45) is 0 Å². The van der Waals surface area contributed by atoms with Crippen LogP contribution in [0.15, 0.2) is 42.6 Å². The molecule has 0 unspecified atom stereocenters. The molecule has 2 aliphatic heterocycles. The highest BCUT2D eigenvalue weighted by Gasteiger charge is 2.39. The summed E-state index contributed by atoms with van der Waals surface area (Å²) in [6.45, 7) is 6.87. The fraction of sp³-hybridized carbons (Fsp3) is 0.458. The van der Waals surface area contributed by atoms with E-state index < -0.39 is 0 Å². The highest BCUT2D eigenvalue weighted by molar-refractivity contribution is 6.11. The largest absolute Gasteiger partial charge is 0.355 e. The molecular formula is C24H30N4O2. The van der Waals surface area contributed by atoms with Crippen LogP contribution in [-0.2, 0) is 4.79 Å². The number of aryl methyl sites for hydroxylation is 1. The van der Waals surface area contributed by atoms with Crippen LogP contribution in [-0.4, -0.2) is 47.4 Å². The molecule has 0 bridgehead atoms. The van der Waals surface area contributed by atoms with E-state index in [-0.39, 0.29) is 24.3 Å². The molecule has 4 rings (SSSR count). The number of benzene rings is 1. The van der Waals surface area contributed by atoms with Crippen molar-refractivity contribution in [3.05, 3.63) is 59.4 Å². The number of aromatic nitrogens is 1. The van der Waals surface area contributed by atoms with Gasteiger partial charge in [-0.05, 0) is 57.5 Å². The number of nitrogens with zero attached hydrogens (tertiary/aromatic N) is 3. The van der Waals surface area contributed by atoms with Gasteiger partial charge in [0, 0.05) is 31.0 Å². The minimum absolute atomic E-state index is 0.0481. The Morgan fingerprint density at radius 1 is 1.20 bits per heavy atom. The van der Waals surface area contributed by atoms with Gasteiger partial charge >= 0.3 is 0 Å². The van der Waals surface area contributed by atoms with Gasteiger partial charge in [-0.1, -0.05) is 24.1 Å². The molecule has 1 saturated heterocycles. The summed E-state index contributed by atoms with van der Waals surface area (Å²) in [6, 6.07) is 11.6. The smallest absolute Gasteiger partial charge is 0.260 e. The molecule has 2 aromatic rings. The zero-order chi connectivity index (χ0) is 21.1. The third-order valence-corrected chi connectivity index (χ3v) is 6.27. The lowest BCUT2D eigenvalue weighted by Gasteiger charge is -2.33. The van der Waals surface area contributed by atoms with Crippen molar-refractivity contribution in [3.63, 3.8) is 0 Å². The lowest BCUT2D eigenvalue weighted by atomic mass is 10.0. The van der Waals surface area contributed by atoms with Gasteiger partial charge in [0.2, 0.25) is 5.91 Å². The zero-order valence-electron chi connectivity index (χ0n) is 17.8. The summed E-state index contributed by atoms with van der Waals surface area (Å²) < 4.78 is 0. The summed E-state index contributed by atoms with van der Waals surface area (Å²) in [5.74, 6) is -0.144. The molecule has 158 valence electrons. The Balaban J connectivity index is 1.45. The van der Waals surface area contributed by atoms with Crippen LogP contribution in [0.2, 0.25) is 0 Å². The number of pyridine rings is 1. The van der Waals surface area contributed by atoms with E-state index in [1.54, 1.807) is 23.2 Å². The van der Waals surface area contributed by atoms with Crippen molar-refractivity contribution in [2.45, 2.75) is 51.6 Å². The molecule has 1 aromatic carbocycles. The summed E-state index contributed by atoms with van der Waals surface area (Å²) in [5.41, 5.74) is 3.19. The van der Waals surface area contributed by atoms with Crippen LogP contribution in [0.25, 0.3) is 0 Å². The van der Waals surface area contributed by atoms with Gasteiger partial charge in [-0.25, -0.2) is 0 Å². The maximum Gasteiger partial charge on any atom is 0.260 e. The zero-order valence-corrected chi connectivity index (χ0v) is 17.8. The first kappa shape index (κ1) is 20.5. The summed E-state index contributed by atoms with van der Waals surface area (Å²) >= 11 is 0. The normalized spacial score (nSPS) is 21.5. The second-order valence-corrected chi connectivity index (χ2v) is 8.40. The van der Waals surface area contributed by atoms with Crippen LogP contribution in [0.3, 0.4) is 0 Å². The van der Waals surface area contributed by atoms with Gasteiger partial charge in [0.05, 0.1) is 23.7 Å². The van der Waals surface area contributed by atoms with Crippen LogP contribution in [0.5, 0.6) is 0 Å². The number of anilines is 1. The minimum Gasteiger partial charge on any atom is -0.355 e. The molecule has 0 saturated carbocycles. The van der Waals surface area contributed by atoms with Crippen molar-refractivity contribution in [1.82, 2.24) is 15.2 Å². The molecule has 30 heavy (non-hydrogen) atoms. The van der Waals surface area contributed by atoms with Crippen LogP contribution < -0.4 is 10.2 Å². The number of carbonyl (C=O) groups is 2. The monoisotopic (exact) mass is 406 g/mol. The Bertz CT molecular complexity index is 912. The van der Waals surface area contributed by atoms with Gasteiger partial charge in [-0.3, -0.25) is 24.4 Å². The van der Waals surface area contributed by atoms with Crippen LogP contribution in [0, 0.1) is 6.92 Å². The van der Waals surface area contributed by atoms with Crippen LogP contribution in [0.1, 0.15) is 60.3 Å². The lowest BCUT2D eigenvalue weighted by Crippen LogP contribution is -2.43. The fourth-order valence-electron chi connectivity index (χ4n) is 4.52. The van der Waals surface area contributed by atoms with E-state index in [0.29, 0.717) is 23.8 Å². The number of fused-ring (bicyclic) bond motifs is 1. The molecule has 0 spiro atoms. The molecule has 2 aliphatic rings. The van der Waals surface area contributed by atoms with Gasteiger partial charge in [-0.2, -0.15) is 0 Å². The number of hydrogen-bond acceptors (Lipinski definition) is 4. The second kappa shape index (κ2) is 8.96. The van der Waals surface area contributed by atoms with E-state index >= 15 is 0 Å². The Kier molecular flexibility index (Phi) is 6.13. The van der Waals surface area contributed by atoms with E-state index in [1.807, 2.05) is 31.2 Å². The van der Waals surface area contributed by atoms with Crippen LogP contribution in [0.4, 0.5) is 5.69 Å². The summed E-state index contributed by atoms with van der Waals surface area (Å²) in [5, 5.41) is 3.06. The first-order valence-electron chi connectivity index (χ1n) is 10.9. The Labute approximate surface area is 178 Å². The third-order valence-electron chi connectivity index (χ3n) is 6.27. The predicted molar refractivity (Wildman–Crippen MR) is 117 cm³/mol. The van der Waals surface area contributed by atoms with Gasteiger partial charge < -0.3 is 5.32 Å². The van der Waals surface area contributed by atoms with Crippen molar-refractivity contribution < 1.29 is 9.59 Å². The molecule has 1 N–H and O–H groups in total. The highest BCUT2D eigenvalue weighted by atomic mass is 16.2. The Morgan fingerprint density at radius 2 is 2.00 bits per heavy atom. The van der Waals surface area contributed by atoms with Crippen molar-refractivity contribution >= 4 is 17.5 Å². The average molecular weight is 407 g/mol. The molecule has 6 heteroatoms. The van der Waals surface area contributed by atoms with Crippen molar-refractivity contribution in [1.29, 1.82) is 0 Å². The molecule has 1 aromatic heterocycles. The number of carbonyl (C=O) groups excluding carboxylic acids is 2. The highest BCUT2D eigenvalue weighted by Crippen LogP contribution is 2.38. The SMILES string of the molecule is Cc1ccc(N2C(=O)c3cccnc3[C@H]2CC(=O)NCCN2CCCC[C@H]2C)cc1. The number of likely N-dealkylation sites (tertiary alicyclic amines) is 1. The molecule has 3 heterocycles. The molecule has 0 aliphatic carbocycles. The topological polar surface area (TPSA) is 65.5 Å². The van der Waals surface area contributed by atoms with Crippen molar-refractivity contribution in [2.75, 3.05) is 24.5 Å². The average Bonchev–Trinajstić information content (AvgIpc) is 3.02. The van der Waals surface area contributed by atoms with Gasteiger partial charge in [0.25, 0.3) is 5.91 Å². The summed E-state index contributed by atoms with van der Waals surface area (Å²) in [7, 11) is 0. The maximum atomic E-state index is 13.1. The third kappa shape index (κ3) is 4.24. The molecule has 6 nitrogen and oxygen atoms in total. The van der Waals surface area contributed by atoms with Crippen LogP contribution >= 0.6 is 0 Å². The van der Waals surface area contributed by atoms with E-state index in [2.05, 4.69) is 22.1 Å². The summed E-state index contributed by atoms with van der Waals surface area (Å²) in [4.78, 5) is 34.5. The molecule has 0 radical (unpaired) electrons. The fourth-order valence-corrected chi connectivity index (χ4v) is 4.52. The van der Waals surface area contributed by atoms with Crippen molar-refractivity contribution in [3.8, 4) is 0 Å². The van der Waals surface area contributed by atoms with E-state index in [1.165, 1.54) is 19.3 Å². The Morgan fingerprint density at radius 3 is 2.77 bits per heavy atom. The number of rotatable bonds is 6. The first-order chi connectivity index (χ1) is 14.5. The summed E-state index contributed by atoms with van der Waals surface area (Å²) in [6.07, 6.45) is 5.65. The minimum atomic E-state index is -0.384. The van der Waals surface area contributed by atoms with Gasteiger partial charge in [0.15, 0.2) is 0 Å². The van der Waals surface area contributed by atoms with E-state index in [9.17, 15) is 9.59 Å². The van der Waals surface area contributed by atoms with E-state index in [4.69, 9.17) is 0 Å². The molecule has 2 atom stereocenters. The predicted octanol–water partition coefficient (Wildman–Crippen LogP) is 3.47. The number of piperidine rings is 1. The molecular weight excluding hydrogens is 376 g/mol. The lowest BCUT2D eigenvalue weighted by molar-refractivity contribution is -0.121. The first-order valence-corrected chi connectivity index (χ1v) is 10.9. The molecule has 1 fully saturated rings. The van der Waals surface area contributed by atoms with Gasteiger partial charge in [-0.15, -0.1) is 0 Å². The number of hydrogen-bond donors (Lipinski definition) is 1. The number of nitrogens with one attached hydrogen (secondary N) is 1. The maximum absolute atomic E-state index is 13.1. The number of amides is 2. The second-order valence-electron chi connectivity index (χ2n) is 8.40. The molecule has 2 amide bonds. The van der Waals surface area contributed by atoms with E-state index in [0.717, 1.165) is 24.3 Å². The quantitative estimate of drug-likeness (QED) is 0.798. The van der Waals surface area contributed by atoms with Gasteiger partial charge in [0.1, 0.15) is 0 Å².